The molecule has 2 atom stereocenters. The van der Waals surface area contributed by atoms with Gasteiger partial charge in [-0.15, -0.1) is 0 Å². The topological polar surface area (TPSA) is 67.9 Å². The van der Waals surface area contributed by atoms with E-state index in [2.05, 4.69) is 5.32 Å². The summed E-state index contributed by atoms with van der Waals surface area (Å²) in [7, 11) is 1.60. The number of hydrogen-bond donors (Lipinski definition) is 1. The maximum atomic E-state index is 13.1. The third-order valence-corrected chi connectivity index (χ3v) is 4.95. The van der Waals surface area contributed by atoms with Gasteiger partial charge in [0, 0.05) is 6.61 Å². The van der Waals surface area contributed by atoms with Crippen molar-refractivity contribution in [3.8, 4) is 5.75 Å². The van der Waals surface area contributed by atoms with Gasteiger partial charge in [-0.2, -0.15) is 0 Å². The SMILES string of the molecule is CCC1(c2ccc(OC)cc2)NC(=O)N(CC2CCCCO2)C1=O. The molecule has 6 nitrogen and oxygen atoms in total. The molecule has 24 heavy (non-hydrogen) atoms. The quantitative estimate of drug-likeness (QED) is 0.841. The average molecular weight is 332 g/mol. The number of amides is 3. The van der Waals surface area contributed by atoms with E-state index in [1.165, 1.54) is 4.90 Å². The van der Waals surface area contributed by atoms with Gasteiger partial charge in [0.15, 0.2) is 0 Å². The molecule has 0 bridgehead atoms. The van der Waals surface area contributed by atoms with Gasteiger partial charge in [-0.05, 0) is 43.4 Å². The number of hydrogen-bond acceptors (Lipinski definition) is 4. The molecule has 0 aliphatic carbocycles. The first-order valence-electron chi connectivity index (χ1n) is 8.51. The Labute approximate surface area is 142 Å². The molecule has 0 spiro atoms. The summed E-state index contributed by atoms with van der Waals surface area (Å²) in [6.45, 7) is 2.93. The van der Waals surface area contributed by atoms with Crippen molar-refractivity contribution in [1.82, 2.24) is 10.2 Å². The van der Waals surface area contributed by atoms with Crippen LogP contribution in [0.25, 0.3) is 0 Å². The van der Waals surface area contributed by atoms with Crippen LogP contribution in [0, 0.1) is 0 Å². The Hall–Kier alpha value is -2.08. The second-order valence-electron chi connectivity index (χ2n) is 6.32. The first-order chi connectivity index (χ1) is 11.6. The van der Waals surface area contributed by atoms with Gasteiger partial charge >= 0.3 is 6.03 Å². The molecule has 130 valence electrons. The van der Waals surface area contributed by atoms with Crippen LogP contribution < -0.4 is 10.1 Å². The molecule has 1 N–H and O–H groups in total. The number of carbonyl (C=O) groups is 2. The second kappa shape index (κ2) is 6.81. The van der Waals surface area contributed by atoms with E-state index in [9.17, 15) is 9.59 Å². The summed E-state index contributed by atoms with van der Waals surface area (Å²) in [4.78, 5) is 26.8. The van der Waals surface area contributed by atoms with Crippen molar-refractivity contribution in [2.75, 3.05) is 20.3 Å². The van der Waals surface area contributed by atoms with Crippen molar-refractivity contribution in [3.63, 3.8) is 0 Å². The van der Waals surface area contributed by atoms with Gasteiger partial charge in [0.25, 0.3) is 5.91 Å². The van der Waals surface area contributed by atoms with Crippen molar-refractivity contribution >= 4 is 11.9 Å². The number of imide groups is 1. The molecule has 0 aromatic heterocycles. The molecule has 2 saturated heterocycles. The van der Waals surface area contributed by atoms with Gasteiger partial charge in [-0.25, -0.2) is 4.79 Å². The fraction of sp³-hybridized carbons (Fsp3) is 0.556. The van der Waals surface area contributed by atoms with Crippen LogP contribution in [0.1, 0.15) is 38.2 Å². The van der Waals surface area contributed by atoms with Crippen LogP contribution in [0.2, 0.25) is 0 Å². The fourth-order valence-corrected chi connectivity index (χ4v) is 3.46. The molecule has 2 unspecified atom stereocenters. The van der Waals surface area contributed by atoms with Gasteiger partial charge in [-0.1, -0.05) is 19.1 Å². The highest BCUT2D eigenvalue weighted by Gasteiger charge is 2.51. The normalized spacial score (nSPS) is 27.2. The monoisotopic (exact) mass is 332 g/mol. The lowest BCUT2D eigenvalue weighted by Crippen LogP contribution is -2.44. The zero-order valence-corrected chi connectivity index (χ0v) is 14.2. The number of ether oxygens (including phenoxy) is 2. The molecule has 2 aliphatic heterocycles. The van der Waals surface area contributed by atoms with E-state index in [0.717, 1.165) is 24.8 Å². The summed E-state index contributed by atoms with van der Waals surface area (Å²) < 4.78 is 10.9. The van der Waals surface area contributed by atoms with Crippen LogP contribution in [0.15, 0.2) is 24.3 Å². The van der Waals surface area contributed by atoms with E-state index in [1.54, 1.807) is 19.2 Å². The Bertz CT molecular complexity index is 610. The zero-order chi connectivity index (χ0) is 17.2. The lowest BCUT2D eigenvalue weighted by atomic mass is 9.87. The van der Waals surface area contributed by atoms with Gasteiger partial charge in [0.1, 0.15) is 11.3 Å². The second-order valence-corrected chi connectivity index (χ2v) is 6.32. The van der Waals surface area contributed by atoms with Crippen LogP contribution in [0.3, 0.4) is 0 Å². The molecule has 1 aromatic carbocycles. The highest BCUT2D eigenvalue weighted by atomic mass is 16.5. The van der Waals surface area contributed by atoms with E-state index in [1.807, 2.05) is 19.1 Å². The van der Waals surface area contributed by atoms with Crippen LogP contribution in [0.5, 0.6) is 5.75 Å². The Morgan fingerprint density at radius 3 is 2.62 bits per heavy atom. The third kappa shape index (κ3) is 2.86. The molecule has 2 fully saturated rings. The van der Waals surface area contributed by atoms with Crippen LogP contribution in [0.4, 0.5) is 4.79 Å². The first-order valence-corrected chi connectivity index (χ1v) is 8.51. The summed E-state index contributed by atoms with van der Waals surface area (Å²) in [5, 5.41) is 2.90. The lowest BCUT2D eigenvalue weighted by molar-refractivity contribution is -0.133. The smallest absolute Gasteiger partial charge is 0.325 e. The first kappa shape index (κ1) is 16.8. The Balaban J connectivity index is 1.83. The number of nitrogens with one attached hydrogen (secondary N) is 1. The van der Waals surface area contributed by atoms with Gasteiger partial charge in [-0.3, -0.25) is 9.69 Å². The molecule has 3 amide bonds. The van der Waals surface area contributed by atoms with Crippen LogP contribution >= 0.6 is 0 Å². The molecule has 0 saturated carbocycles. The molecule has 0 radical (unpaired) electrons. The van der Waals surface area contributed by atoms with Gasteiger partial charge in [0.2, 0.25) is 0 Å². The third-order valence-electron chi connectivity index (χ3n) is 4.95. The molecule has 2 aliphatic rings. The van der Waals surface area contributed by atoms with E-state index in [-0.39, 0.29) is 18.0 Å². The number of urea groups is 1. The highest BCUT2D eigenvalue weighted by Crippen LogP contribution is 2.34. The Kier molecular flexibility index (Phi) is 4.76. The van der Waals surface area contributed by atoms with Gasteiger partial charge in [0.05, 0.1) is 19.8 Å². The van der Waals surface area contributed by atoms with Gasteiger partial charge < -0.3 is 14.8 Å². The summed E-state index contributed by atoms with van der Waals surface area (Å²) in [5.41, 5.74) is -0.228. The molecule has 2 heterocycles. The van der Waals surface area contributed by atoms with E-state index in [0.29, 0.717) is 25.3 Å². The largest absolute Gasteiger partial charge is 0.497 e. The van der Waals surface area contributed by atoms with Crippen molar-refractivity contribution < 1.29 is 19.1 Å². The molecule has 3 rings (SSSR count). The Morgan fingerprint density at radius 2 is 2.04 bits per heavy atom. The Morgan fingerprint density at radius 1 is 1.29 bits per heavy atom. The van der Waals surface area contributed by atoms with Crippen molar-refractivity contribution in [2.45, 2.75) is 44.2 Å². The number of benzene rings is 1. The average Bonchev–Trinajstić information content (AvgIpc) is 2.88. The van der Waals surface area contributed by atoms with Crippen molar-refractivity contribution in [2.24, 2.45) is 0 Å². The number of methoxy groups -OCH3 is 1. The van der Waals surface area contributed by atoms with E-state index < -0.39 is 5.54 Å². The molecular weight excluding hydrogens is 308 g/mol. The predicted molar refractivity (Wildman–Crippen MR) is 88.8 cm³/mol. The van der Waals surface area contributed by atoms with Crippen LogP contribution in [-0.4, -0.2) is 43.2 Å². The maximum absolute atomic E-state index is 13.1. The zero-order valence-electron chi connectivity index (χ0n) is 14.2. The number of carbonyl (C=O) groups excluding carboxylic acids is 2. The van der Waals surface area contributed by atoms with Crippen molar-refractivity contribution in [3.05, 3.63) is 29.8 Å². The predicted octanol–water partition coefficient (Wildman–Crippen LogP) is 2.42. The maximum Gasteiger partial charge on any atom is 0.325 e. The summed E-state index contributed by atoms with van der Waals surface area (Å²) in [6, 6.07) is 6.94. The van der Waals surface area contributed by atoms with Crippen molar-refractivity contribution in [1.29, 1.82) is 0 Å². The number of nitrogens with zero attached hydrogens (tertiary/aromatic N) is 1. The minimum absolute atomic E-state index is 0.0584. The minimum Gasteiger partial charge on any atom is -0.497 e. The summed E-state index contributed by atoms with van der Waals surface area (Å²) >= 11 is 0. The molecular formula is C18H24N2O4. The highest BCUT2D eigenvalue weighted by molar-refractivity contribution is 6.07. The summed E-state index contributed by atoms with van der Waals surface area (Å²) in [5.74, 6) is 0.517. The van der Waals surface area contributed by atoms with E-state index in [4.69, 9.17) is 9.47 Å². The standard InChI is InChI=1S/C18H24N2O4/c1-3-18(13-7-9-14(23-2)10-8-13)16(21)20(17(22)19-18)12-15-6-4-5-11-24-15/h7-10,15H,3-6,11-12H2,1-2H3,(H,19,22). The van der Waals surface area contributed by atoms with Crippen LogP contribution in [-0.2, 0) is 15.1 Å². The summed E-state index contributed by atoms with van der Waals surface area (Å²) in [6.07, 6.45) is 3.44. The molecule has 6 heteroatoms. The lowest BCUT2D eigenvalue weighted by Gasteiger charge is -2.28. The number of rotatable bonds is 5. The minimum atomic E-state index is -1.00. The van der Waals surface area contributed by atoms with E-state index >= 15 is 0 Å². The molecule has 1 aromatic rings. The fourth-order valence-electron chi connectivity index (χ4n) is 3.46.